The van der Waals surface area contributed by atoms with Gasteiger partial charge in [-0.05, 0) is 24.6 Å². The highest BCUT2D eigenvalue weighted by molar-refractivity contribution is 5.76. The molecule has 0 aromatic heterocycles. The molecule has 3 heteroatoms. The van der Waals surface area contributed by atoms with Gasteiger partial charge in [-0.25, -0.2) is 0 Å². The minimum absolute atomic E-state index is 0.123. The van der Waals surface area contributed by atoms with E-state index in [1.807, 2.05) is 24.3 Å². The molecule has 0 heterocycles. The number of rotatable bonds is 5. The summed E-state index contributed by atoms with van der Waals surface area (Å²) in [6.45, 7) is 1.57. The monoisotopic (exact) mass is 208 g/mol. The van der Waals surface area contributed by atoms with Crippen LogP contribution >= 0.6 is 0 Å². The van der Waals surface area contributed by atoms with Crippen LogP contribution in [0, 0.1) is 0 Å². The van der Waals surface area contributed by atoms with Gasteiger partial charge < -0.3 is 9.47 Å². The van der Waals surface area contributed by atoms with Gasteiger partial charge in [-0.3, -0.25) is 4.79 Å². The van der Waals surface area contributed by atoms with Crippen molar-refractivity contribution in [2.75, 3.05) is 14.2 Å². The molecular formula is C12H16O3. The maximum atomic E-state index is 11.0. The molecule has 0 aliphatic heterocycles. The lowest BCUT2D eigenvalue weighted by molar-refractivity contribution is -0.119. The Morgan fingerprint density at radius 2 is 1.87 bits per heavy atom. The minimum Gasteiger partial charge on any atom is -0.497 e. The predicted octanol–water partition coefficient (Wildman–Crippen LogP) is 2.36. The van der Waals surface area contributed by atoms with E-state index < -0.39 is 0 Å². The first kappa shape index (κ1) is 11.7. The van der Waals surface area contributed by atoms with E-state index in [9.17, 15) is 4.79 Å². The molecule has 0 amide bonds. The molecule has 0 aliphatic rings. The number of carbonyl (C=O) groups is 1. The van der Waals surface area contributed by atoms with Crippen LogP contribution in [0.2, 0.25) is 0 Å². The summed E-state index contributed by atoms with van der Waals surface area (Å²) < 4.78 is 10.3. The lowest BCUT2D eigenvalue weighted by atomic mass is 10.0. The van der Waals surface area contributed by atoms with Crippen LogP contribution in [0.4, 0.5) is 0 Å². The fourth-order valence-electron chi connectivity index (χ4n) is 1.42. The highest BCUT2D eigenvalue weighted by atomic mass is 16.5. The number of Topliss-reactive ketones (excluding diaryl/α,β-unsaturated/α-hetero) is 1. The van der Waals surface area contributed by atoms with Crippen LogP contribution in [0.3, 0.4) is 0 Å². The van der Waals surface area contributed by atoms with Crippen LogP contribution in [0.25, 0.3) is 0 Å². The van der Waals surface area contributed by atoms with Crippen molar-refractivity contribution in [2.45, 2.75) is 19.4 Å². The Balaban J connectivity index is 2.78. The second-order valence-electron chi connectivity index (χ2n) is 3.40. The fraction of sp³-hybridized carbons (Fsp3) is 0.417. The summed E-state index contributed by atoms with van der Waals surface area (Å²) in [5.41, 5.74) is 0.994. The summed E-state index contributed by atoms with van der Waals surface area (Å²) in [6.07, 6.45) is 0.247. The van der Waals surface area contributed by atoms with E-state index in [1.165, 1.54) is 0 Å². The number of methoxy groups -OCH3 is 2. The van der Waals surface area contributed by atoms with Crippen molar-refractivity contribution in [1.29, 1.82) is 0 Å². The first-order valence-electron chi connectivity index (χ1n) is 4.83. The normalized spacial score (nSPS) is 12.2. The van der Waals surface area contributed by atoms with Gasteiger partial charge in [0.05, 0.1) is 13.2 Å². The molecule has 0 fully saturated rings. The highest BCUT2D eigenvalue weighted by Crippen LogP contribution is 2.22. The zero-order valence-electron chi connectivity index (χ0n) is 9.32. The maximum Gasteiger partial charge on any atom is 0.132 e. The Labute approximate surface area is 90.0 Å². The summed E-state index contributed by atoms with van der Waals surface area (Å²) >= 11 is 0. The quantitative estimate of drug-likeness (QED) is 0.745. The molecule has 1 unspecified atom stereocenters. The van der Waals surface area contributed by atoms with Crippen molar-refractivity contribution >= 4 is 5.78 Å². The van der Waals surface area contributed by atoms with Gasteiger partial charge in [0.25, 0.3) is 0 Å². The van der Waals surface area contributed by atoms with Crippen LogP contribution in [0.15, 0.2) is 24.3 Å². The van der Waals surface area contributed by atoms with Gasteiger partial charge in [0.2, 0.25) is 0 Å². The topological polar surface area (TPSA) is 35.5 Å². The second kappa shape index (κ2) is 5.51. The molecule has 1 atom stereocenters. The lowest BCUT2D eigenvalue weighted by Gasteiger charge is -2.14. The van der Waals surface area contributed by atoms with Crippen molar-refractivity contribution < 1.29 is 14.3 Å². The number of carbonyl (C=O) groups excluding carboxylic acids is 1. The van der Waals surface area contributed by atoms with Gasteiger partial charge in [-0.2, -0.15) is 0 Å². The Hall–Kier alpha value is -1.35. The molecule has 1 aromatic carbocycles. The lowest BCUT2D eigenvalue weighted by Crippen LogP contribution is -2.06. The van der Waals surface area contributed by atoms with Crippen molar-refractivity contribution in [3.05, 3.63) is 29.8 Å². The molecule has 3 nitrogen and oxygen atoms in total. The maximum absolute atomic E-state index is 11.0. The Bertz CT molecular complexity index is 316. The van der Waals surface area contributed by atoms with E-state index in [0.717, 1.165) is 11.3 Å². The van der Waals surface area contributed by atoms with Crippen molar-refractivity contribution in [3.8, 4) is 5.75 Å². The first-order valence-corrected chi connectivity index (χ1v) is 4.83. The molecule has 0 radical (unpaired) electrons. The first-order chi connectivity index (χ1) is 7.17. The summed E-state index contributed by atoms with van der Waals surface area (Å²) in [5, 5.41) is 0. The number of ether oxygens (including phenoxy) is 2. The van der Waals surface area contributed by atoms with Gasteiger partial charge in [0.15, 0.2) is 0 Å². The summed E-state index contributed by atoms with van der Waals surface area (Å²) in [4.78, 5) is 11.0. The molecular weight excluding hydrogens is 192 g/mol. The molecule has 0 spiro atoms. The van der Waals surface area contributed by atoms with Gasteiger partial charge in [0.1, 0.15) is 11.5 Å². The molecule has 0 saturated carbocycles. The van der Waals surface area contributed by atoms with E-state index in [2.05, 4.69) is 0 Å². The minimum atomic E-state index is -0.159. The Morgan fingerprint density at radius 1 is 1.27 bits per heavy atom. The molecule has 0 N–H and O–H groups in total. The van der Waals surface area contributed by atoms with Crippen LogP contribution in [-0.4, -0.2) is 20.0 Å². The SMILES string of the molecule is COc1ccc(C(CC(C)=O)OC)cc1. The average Bonchev–Trinajstić information content (AvgIpc) is 2.26. The average molecular weight is 208 g/mol. The third-order valence-electron chi connectivity index (χ3n) is 2.24. The Morgan fingerprint density at radius 3 is 2.27 bits per heavy atom. The van der Waals surface area contributed by atoms with Gasteiger partial charge >= 0.3 is 0 Å². The van der Waals surface area contributed by atoms with Crippen molar-refractivity contribution in [2.24, 2.45) is 0 Å². The summed E-state index contributed by atoms with van der Waals surface area (Å²) in [6, 6.07) is 7.55. The third-order valence-corrected chi connectivity index (χ3v) is 2.24. The van der Waals surface area contributed by atoms with E-state index in [1.54, 1.807) is 21.1 Å². The molecule has 15 heavy (non-hydrogen) atoms. The number of ketones is 1. The van der Waals surface area contributed by atoms with E-state index in [0.29, 0.717) is 6.42 Å². The van der Waals surface area contributed by atoms with Crippen LogP contribution in [0.1, 0.15) is 25.0 Å². The highest BCUT2D eigenvalue weighted by Gasteiger charge is 2.12. The van der Waals surface area contributed by atoms with Crippen LogP contribution in [0.5, 0.6) is 5.75 Å². The van der Waals surface area contributed by atoms with E-state index >= 15 is 0 Å². The zero-order chi connectivity index (χ0) is 11.3. The fourth-order valence-corrected chi connectivity index (χ4v) is 1.42. The van der Waals surface area contributed by atoms with Gasteiger partial charge in [-0.15, -0.1) is 0 Å². The summed E-state index contributed by atoms with van der Waals surface area (Å²) in [5.74, 6) is 0.925. The molecule has 1 aromatic rings. The summed E-state index contributed by atoms with van der Waals surface area (Å²) in [7, 11) is 3.23. The predicted molar refractivity (Wildman–Crippen MR) is 58.0 cm³/mol. The molecule has 1 rings (SSSR count). The van der Waals surface area contributed by atoms with E-state index in [-0.39, 0.29) is 11.9 Å². The number of hydrogen-bond acceptors (Lipinski definition) is 3. The smallest absolute Gasteiger partial charge is 0.132 e. The van der Waals surface area contributed by atoms with Crippen LogP contribution < -0.4 is 4.74 Å². The van der Waals surface area contributed by atoms with Crippen molar-refractivity contribution in [1.82, 2.24) is 0 Å². The zero-order valence-corrected chi connectivity index (χ0v) is 9.32. The van der Waals surface area contributed by atoms with Crippen molar-refractivity contribution in [3.63, 3.8) is 0 Å². The van der Waals surface area contributed by atoms with Gasteiger partial charge in [-0.1, -0.05) is 12.1 Å². The Kier molecular flexibility index (Phi) is 4.31. The standard InChI is InChI=1S/C12H16O3/c1-9(13)8-12(15-3)10-4-6-11(14-2)7-5-10/h4-7,12H,8H2,1-3H3. The molecule has 0 saturated heterocycles. The number of hydrogen-bond donors (Lipinski definition) is 0. The molecule has 0 aliphatic carbocycles. The second-order valence-corrected chi connectivity index (χ2v) is 3.40. The van der Waals surface area contributed by atoms with Gasteiger partial charge in [0, 0.05) is 13.5 Å². The number of benzene rings is 1. The van der Waals surface area contributed by atoms with Crippen LogP contribution in [-0.2, 0) is 9.53 Å². The molecule has 82 valence electrons. The largest absolute Gasteiger partial charge is 0.497 e. The van der Waals surface area contributed by atoms with E-state index in [4.69, 9.17) is 9.47 Å². The molecule has 0 bridgehead atoms. The third kappa shape index (κ3) is 3.36.